The van der Waals surface area contributed by atoms with Gasteiger partial charge in [0.2, 0.25) is 0 Å². The lowest BCUT2D eigenvalue weighted by Crippen LogP contribution is -1.94. The molecule has 0 fully saturated rings. The van der Waals surface area contributed by atoms with Gasteiger partial charge in [-0.05, 0) is 46.6 Å². The Morgan fingerprint density at radius 3 is 2.80 bits per heavy atom. The number of nitrogens with two attached hydrogens (primary N) is 1. The Morgan fingerprint density at radius 2 is 2.13 bits per heavy atom. The molecule has 1 aromatic heterocycles. The molecule has 2 aromatic rings. The Morgan fingerprint density at radius 1 is 1.33 bits per heavy atom. The van der Waals surface area contributed by atoms with Crippen LogP contribution in [0.25, 0.3) is 0 Å². The topological polar surface area (TPSA) is 38.0 Å². The molecular weight excluding hydrogens is 272 g/mol. The minimum Gasteiger partial charge on any atom is -0.397 e. The van der Waals surface area contributed by atoms with Crippen LogP contribution in [0.15, 0.2) is 34.1 Å². The fourth-order valence-corrected chi connectivity index (χ4v) is 2.62. The molecule has 0 bridgehead atoms. The van der Waals surface area contributed by atoms with Crippen molar-refractivity contribution < 1.29 is 0 Å². The lowest BCUT2D eigenvalue weighted by molar-refractivity contribution is 1.46. The van der Waals surface area contributed by atoms with Gasteiger partial charge in [-0.1, -0.05) is 6.07 Å². The zero-order valence-corrected chi connectivity index (χ0v) is 10.7. The first kappa shape index (κ1) is 10.5. The number of nitrogen functional groups attached to an aromatic ring is 1. The molecule has 78 valence electrons. The summed E-state index contributed by atoms with van der Waals surface area (Å²) in [7, 11) is 0. The summed E-state index contributed by atoms with van der Waals surface area (Å²) in [6, 6.07) is 8.00. The summed E-state index contributed by atoms with van der Waals surface area (Å²) in [6.07, 6.45) is 0. The van der Waals surface area contributed by atoms with E-state index < -0.39 is 0 Å². The highest BCUT2D eigenvalue weighted by atomic mass is 79.9. The van der Waals surface area contributed by atoms with Crippen molar-refractivity contribution in [2.45, 2.75) is 6.92 Å². The van der Waals surface area contributed by atoms with E-state index in [1.807, 2.05) is 29.6 Å². The van der Waals surface area contributed by atoms with Gasteiger partial charge in [-0.25, -0.2) is 0 Å². The van der Waals surface area contributed by atoms with Crippen LogP contribution in [-0.2, 0) is 0 Å². The van der Waals surface area contributed by atoms with Crippen molar-refractivity contribution in [2.24, 2.45) is 0 Å². The van der Waals surface area contributed by atoms with Crippen LogP contribution in [0.1, 0.15) is 5.56 Å². The lowest BCUT2D eigenvalue weighted by atomic mass is 10.2. The van der Waals surface area contributed by atoms with Crippen molar-refractivity contribution in [3.63, 3.8) is 0 Å². The number of hydrogen-bond acceptors (Lipinski definition) is 3. The van der Waals surface area contributed by atoms with Crippen LogP contribution in [0.3, 0.4) is 0 Å². The molecule has 0 aliphatic heterocycles. The molecule has 3 N–H and O–H groups in total. The fraction of sp³-hybridized carbons (Fsp3) is 0.0909. The van der Waals surface area contributed by atoms with E-state index in [-0.39, 0.29) is 0 Å². The van der Waals surface area contributed by atoms with Gasteiger partial charge in [0.15, 0.2) is 0 Å². The van der Waals surface area contributed by atoms with E-state index >= 15 is 0 Å². The second kappa shape index (κ2) is 4.24. The van der Waals surface area contributed by atoms with E-state index in [9.17, 15) is 0 Å². The Hall–Kier alpha value is -1.000. The number of hydrogen-bond donors (Lipinski definition) is 2. The second-order valence-electron chi connectivity index (χ2n) is 3.34. The molecule has 0 unspecified atom stereocenters. The molecule has 0 saturated heterocycles. The van der Waals surface area contributed by atoms with Crippen LogP contribution in [0.5, 0.6) is 0 Å². The van der Waals surface area contributed by atoms with E-state index in [4.69, 9.17) is 5.73 Å². The standard InChI is InChI=1S/C11H11BrN2S/c1-7-2-3-9(13)10(4-7)14-11-5-8(12)6-15-11/h2-6,14H,13H2,1H3. The third-order valence-corrected chi connectivity index (χ3v) is 3.64. The quantitative estimate of drug-likeness (QED) is 0.813. The van der Waals surface area contributed by atoms with E-state index in [0.717, 1.165) is 20.8 Å². The minimum atomic E-state index is 0.769. The van der Waals surface area contributed by atoms with Crippen molar-refractivity contribution in [1.82, 2.24) is 0 Å². The molecule has 0 atom stereocenters. The van der Waals surface area contributed by atoms with Crippen LogP contribution in [0.2, 0.25) is 0 Å². The maximum Gasteiger partial charge on any atom is 0.0938 e. The van der Waals surface area contributed by atoms with E-state index in [1.165, 1.54) is 5.56 Å². The Balaban J connectivity index is 2.27. The minimum absolute atomic E-state index is 0.769. The van der Waals surface area contributed by atoms with Crippen molar-refractivity contribution in [3.8, 4) is 0 Å². The molecule has 0 aliphatic rings. The molecule has 0 spiro atoms. The first-order valence-electron chi connectivity index (χ1n) is 4.52. The molecule has 2 nitrogen and oxygen atoms in total. The van der Waals surface area contributed by atoms with E-state index in [0.29, 0.717) is 0 Å². The van der Waals surface area contributed by atoms with E-state index in [2.05, 4.69) is 28.2 Å². The summed E-state index contributed by atoms with van der Waals surface area (Å²) in [5, 5.41) is 6.42. The van der Waals surface area contributed by atoms with Gasteiger partial charge in [-0.3, -0.25) is 0 Å². The van der Waals surface area contributed by atoms with Crippen molar-refractivity contribution in [1.29, 1.82) is 0 Å². The fourth-order valence-electron chi connectivity index (χ4n) is 1.29. The second-order valence-corrected chi connectivity index (χ2v) is 5.17. The number of halogens is 1. The van der Waals surface area contributed by atoms with Gasteiger partial charge in [0.1, 0.15) is 0 Å². The normalized spacial score (nSPS) is 10.3. The number of aryl methyl sites for hydroxylation is 1. The molecule has 0 aliphatic carbocycles. The molecule has 1 heterocycles. The van der Waals surface area contributed by atoms with Crippen LogP contribution >= 0.6 is 27.3 Å². The smallest absolute Gasteiger partial charge is 0.0938 e. The zero-order valence-electron chi connectivity index (χ0n) is 8.25. The Kier molecular flexibility index (Phi) is 2.98. The predicted molar refractivity (Wildman–Crippen MR) is 70.9 cm³/mol. The predicted octanol–water partition coefficient (Wildman–Crippen LogP) is 4.14. The average molecular weight is 283 g/mol. The van der Waals surface area contributed by atoms with Gasteiger partial charge in [-0.15, -0.1) is 11.3 Å². The zero-order chi connectivity index (χ0) is 10.8. The Bertz CT molecular complexity index is 479. The Labute approximate surface area is 101 Å². The monoisotopic (exact) mass is 282 g/mol. The highest BCUT2D eigenvalue weighted by Gasteiger charge is 2.01. The van der Waals surface area contributed by atoms with Gasteiger partial charge >= 0.3 is 0 Å². The summed E-state index contributed by atoms with van der Waals surface area (Å²) in [5.41, 5.74) is 8.80. The number of thiophene rings is 1. The third-order valence-electron chi connectivity index (χ3n) is 2.03. The van der Waals surface area contributed by atoms with Gasteiger partial charge < -0.3 is 11.1 Å². The molecule has 15 heavy (non-hydrogen) atoms. The number of rotatable bonds is 2. The van der Waals surface area contributed by atoms with Gasteiger partial charge in [-0.2, -0.15) is 0 Å². The van der Waals surface area contributed by atoms with Crippen LogP contribution < -0.4 is 11.1 Å². The highest BCUT2D eigenvalue weighted by Crippen LogP contribution is 2.30. The molecule has 0 amide bonds. The maximum atomic E-state index is 5.87. The number of benzene rings is 1. The van der Waals surface area contributed by atoms with Crippen LogP contribution in [-0.4, -0.2) is 0 Å². The summed E-state index contributed by atoms with van der Waals surface area (Å²) in [6.45, 7) is 2.05. The molecular formula is C11H11BrN2S. The average Bonchev–Trinajstić information content (AvgIpc) is 2.58. The van der Waals surface area contributed by atoms with E-state index in [1.54, 1.807) is 11.3 Å². The lowest BCUT2D eigenvalue weighted by Gasteiger charge is -2.07. The summed E-state index contributed by atoms with van der Waals surface area (Å²) in [4.78, 5) is 0. The van der Waals surface area contributed by atoms with Crippen molar-refractivity contribution >= 4 is 43.6 Å². The SMILES string of the molecule is Cc1ccc(N)c(Nc2cc(Br)cs2)c1. The largest absolute Gasteiger partial charge is 0.397 e. The van der Waals surface area contributed by atoms with Gasteiger partial charge in [0, 0.05) is 9.85 Å². The van der Waals surface area contributed by atoms with Crippen LogP contribution in [0.4, 0.5) is 16.4 Å². The number of nitrogens with one attached hydrogen (secondary N) is 1. The number of anilines is 3. The molecule has 1 aromatic carbocycles. The van der Waals surface area contributed by atoms with Gasteiger partial charge in [0.25, 0.3) is 0 Å². The summed E-state index contributed by atoms with van der Waals surface area (Å²) in [5.74, 6) is 0. The van der Waals surface area contributed by atoms with Crippen LogP contribution in [0, 0.1) is 6.92 Å². The first-order valence-corrected chi connectivity index (χ1v) is 6.19. The molecule has 4 heteroatoms. The molecule has 0 saturated carbocycles. The third kappa shape index (κ3) is 2.52. The highest BCUT2D eigenvalue weighted by molar-refractivity contribution is 9.10. The molecule has 2 rings (SSSR count). The first-order chi connectivity index (χ1) is 7.15. The summed E-state index contributed by atoms with van der Waals surface area (Å²) >= 11 is 5.06. The van der Waals surface area contributed by atoms with Crippen molar-refractivity contribution in [3.05, 3.63) is 39.7 Å². The molecule has 0 radical (unpaired) electrons. The van der Waals surface area contributed by atoms with Crippen molar-refractivity contribution in [2.75, 3.05) is 11.1 Å². The summed E-state index contributed by atoms with van der Waals surface area (Å²) < 4.78 is 1.08. The van der Waals surface area contributed by atoms with Gasteiger partial charge in [0.05, 0.1) is 16.4 Å². The maximum absolute atomic E-state index is 5.87.